The molecule has 0 unspecified atom stereocenters. The molecular weight excluding hydrogens is 298 g/mol. The second-order valence-corrected chi connectivity index (χ2v) is 7.03. The van der Waals surface area contributed by atoms with Gasteiger partial charge in [-0.15, -0.1) is 0 Å². The number of benzene rings is 1. The van der Waals surface area contributed by atoms with E-state index in [0.717, 1.165) is 16.1 Å². The van der Waals surface area contributed by atoms with Gasteiger partial charge in [0.25, 0.3) is 5.91 Å². The summed E-state index contributed by atoms with van der Waals surface area (Å²) >= 11 is 6.15. The van der Waals surface area contributed by atoms with E-state index in [0.29, 0.717) is 17.6 Å². The number of carbonyl (C=O) groups is 1. The monoisotopic (exact) mass is 325 g/mol. The van der Waals surface area contributed by atoms with Gasteiger partial charge in [0.1, 0.15) is 5.75 Å². The van der Waals surface area contributed by atoms with Crippen molar-refractivity contribution >= 4 is 17.5 Å². The van der Waals surface area contributed by atoms with Crippen molar-refractivity contribution < 1.29 is 9.53 Å². The Balaban J connectivity index is 2.76. The minimum absolute atomic E-state index is 0.0855. The third-order valence-corrected chi connectivity index (χ3v) is 4.43. The van der Waals surface area contributed by atoms with Gasteiger partial charge in [0.2, 0.25) is 0 Å². The number of hydrogen-bond acceptors (Lipinski definition) is 2. The Hall–Kier alpha value is -1.22. The van der Waals surface area contributed by atoms with Crippen LogP contribution in [0.2, 0.25) is 5.02 Å². The number of amides is 1. The highest BCUT2D eigenvalue weighted by atomic mass is 35.5. The summed E-state index contributed by atoms with van der Waals surface area (Å²) < 4.78 is 5.78. The molecule has 1 rings (SSSR count). The maximum Gasteiger partial charge on any atom is 0.261 e. The summed E-state index contributed by atoms with van der Waals surface area (Å²) in [6.07, 6.45) is -0.542. The average molecular weight is 326 g/mol. The van der Waals surface area contributed by atoms with Crippen LogP contribution in [0.4, 0.5) is 0 Å². The van der Waals surface area contributed by atoms with Crippen molar-refractivity contribution in [2.75, 3.05) is 0 Å². The predicted molar refractivity (Wildman–Crippen MR) is 92.6 cm³/mol. The molecule has 0 aliphatic carbocycles. The molecule has 0 radical (unpaired) electrons. The van der Waals surface area contributed by atoms with Crippen molar-refractivity contribution in [1.29, 1.82) is 0 Å². The number of ether oxygens (including phenoxy) is 1. The van der Waals surface area contributed by atoms with Gasteiger partial charge in [0.05, 0.1) is 0 Å². The van der Waals surface area contributed by atoms with E-state index in [1.807, 2.05) is 26.0 Å². The maximum absolute atomic E-state index is 12.3. The van der Waals surface area contributed by atoms with Crippen molar-refractivity contribution in [2.24, 2.45) is 11.8 Å². The third kappa shape index (κ3) is 4.91. The number of rotatable bonds is 6. The van der Waals surface area contributed by atoms with Crippen molar-refractivity contribution in [2.45, 2.75) is 60.6 Å². The normalized spacial score (nSPS) is 12.9. The van der Waals surface area contributed by atoms with Gasteiger partial charge >= 0.3 is 0 Å². The zero-order chi connectivity index (χ0) is 17.0. The van der Waals surface area contributed by atoms with Gasteiger partial charge in [0.15, 0.2) is 6.10 Å². The third-order valence-electron chi connectivity index (χ3n) is 3.84. The van der Waals surface area contributed by atoms with Gasteiger partial charge < -0.3 is 10.1 Å². The number of hydrogen-bond donors (Lipinski definition) is 1. The Kier molecular flexibility index (Phi) is 6.73. The molecule has 124 valence electrons. The molecule has 0 aliphatic rings. The molecule has 0 fully saturated rings. The van der Waals surface area contributed by atoms with Crippen molar-refractivity contribution in [3.63, 3.8) is 0 Å². The molecule has 1 aromatic carbocycles. The summed E-state index contributed by atoms with van der Waals surface area (Å²) in [5.74, 6) is 1.36. The lowest BCUT2D eigenvalue weighted by atomic mass is 9.93. The van der Waals surface area contributed by atoms with Crippen molar-refractivity contribution in [3.8, 4) is 5.75 Å². The molecule has 1 amide bonds. The summed E-state index contributed by atoms with van der Waals surface area (Å²) in [6.45, 7) is 14.1. The lowest BCUT2D eigenvalue weighted by molar-refractivity contribution is -0.128. The van der Waals surface area contributed by atoms with E-state index in [1.165, 1.54) is 0 Å². The molecule has 22 heavy (non-hydrogen) atoms. The molecule has 0 aromatic heterocycles. The van der Waals surface area contributed by atoms with Crippen LogP contribution in [0, 0.1) is 25.7 Å². The lowest BCUT2D eigenvalue weighted by Gasteiger charge is -2.27. The second kappa shape index (κ2) is 7.87. The first-order valence-electron chi connectivity index (χ1n) is 7.87. The van der Waals surface area contributed by atoms with Crippen LogP contribution in [-0.4, -0.2) is 18.1 Å². The van der Waals surface area contributed by atoms with Crippen LogP contribution < -0.4 is 10.1 Å². The molecule has 0 heterocycles. The molecule has 4 heteroatoms. The van der Waals surface area contributed by atoms with E-state index >= 15 is 0 Å². The van der Waals surface area contributed by atoms with Gasteiger partial charge in [-0.1, -0.05) is 39.3 Å². The minimum Gasteiger partial charge on any atom is -0.481 e. The van der Waals surface area contributed by atoms with E-state index in [2.05, 4.69) is 33.0 Å². The van der Waals surface area contributed by atoms with E-state index in [4.69, 9.17) is 16.3 Å². The van der Waals surface area contributed by atoms with Gasteiger partial charge in [-0.25, -0.2) is 0 Å². The van der Waals surface area contributed by atoms with Gasteiger partial charge in [0, 0.05) is 11.1 Å². The van der Waals surface area contributed by atoms with Crippen LogP contribution in [0.25, 0.3) is 0 Å². The first-order chi connectivity index (χ1) is 10.1. The standard InChI is InChI=1S/C18H28ClNO2/c1-10(2)17(11(3)4)20-18(21)14(7)22-15-8-12(5)16(19)13(6)9-15/h8-11,14,17H,1-7H3,(H,20,21)/t14-/m0/s1. The topological polar surface area (TPSA) is 38.3 Å². The second-order valence-electron chi connectivity index (χ2n) is 6.65. The highest BCUT2D eigenvalue weighted by Crippen LogP contribution is 2.26. The largest absolute Gasteiger partial charge is 0.481 e. The number of nitrogens with one attached hydrogen (secondary N) is 1. The molecule has 0 bridgehead atoms. The highest BCUT2D eigenvalue weighted by Gasteiger charge is 2.23. The Bertz CT molecular complexity index is 495. The molecule has 0 saturated carbocycles. The molecule has 1 atom stereocenters. The predicted octanol–water partition coefficient (Wildman–Crippen LogP) is 4.52. The zero-order valence-corrected chi connectivity index (χ0v) is 15.4. The van der Waals surface area contributed by atoms with Gasteiger partial charge in [-0.05, 0) is 55.9 Å². The molecule has 3 nitrogen and oxygen atoms in total. The number of halogens is 1. The Morgan fingerprint density at radius 2 is 1.50 bits per heavy atom. The van der Waals surface area contributed by atoms with Crippen LogP contribution in [0.3, 0.4) is 0 Å². The molecular formula is C18H28ClNO2. The fraction of sp³-hybridized carbons (Fsp3) is 0.611. The summed E-state index contributed by atoms with van der Waals surface area (Å²) in [5.41, 5.74) is 1.90. The van der Waals surface area contributed by atoms with E-state index in [1.54, 1.807) is 6.92 Å². The van der Waals surface area contributed by atoms with Crippen LogP contribution in [0.1, 0.15) is 45.7 Å². The van der Waals surface area contributed by atoms with E-state index < -0.39 is 6.10 Å². The summed E-state index contributed by atoms with van der Waals surface area (Å²) in [5, 5.41) is 3.83. The SMILES string of the molecule is Cc1cc(O[C@@H](C)C(=O)NC(C(C)C)C(C)C)cc(C)c1Cl. The van der Waals surface area contributed by atoms with Crippen LogP contribution in [0.5, 0.6) is 5.75 Å². The van der Waals surface area contributed by atoms with Crippen molar-refractivity contribution in [3.05, 3.63) is 28.3 Å². The Labute approximate surface area is 139 Å². The van der Waals surface area contributed by atoms with Crippen molar-refractivity contribution in [1.82, 2.24) is 5.32 Å². The molecule has 0 spiro atoms. The Morgan fingerprint density at radius 3 is 1.91 bits per heavy atom. The van der Waals surface area contributed by atoms with Gasteiger partial charge in [-0.3, -0.25) is 4.79 Å². The van der Waals surface area contributed by atoms with E-state index in [9.17, 15) is 4.79 Å². The highest BCUT2D eigenvalue weighted by molar-refractivity contribution is 6.32. The lowest BCUT2D eigenvalue weighted by Crippen LogP contribution is -2.47. The zero-order valence-electron chi connectivity index (χ0n) is 14.7. The van der Waals surface area contributed by atoms with Crippen LogP contribution in [-0.2, 0) is 4.79 Å². The minimum atomic E-state index is -0.542. The Morgan fingerprint density at radius 1 is 1.05 bits per heavy atom. The van der Waals surface area contributed by atoms with Gasteiger partial charge in [-0.2, -0.15) is 0 Å². The smallest absolute Gasteiger partial charge is 0.261 e. The summed E-state index contributed by atoms with van der Waals surface area (Å²) in [4.78, 5) is 12.3. The maximum atomic E-state index is 12.3. The molecule has 0 saturated heterocycles. The molecule has 1 N–H and O–H groups in total. The summed E-state index contributed by atoms with van der Waals surface area (Å²) in [6, 6.07) is 3.87. The quantitative estimate of drug-likeness (QED) is 0.835. The molecule has 1 aromatic rings. The van der Waals surface area contributed by atoms with Crippen LogP contribution in [0.15, 0.2) is 12.1 Å². The van der Waals surface area contributed by atoms with Crippen LogP contribution >= 0.6 is 11.6 Å². The average Bonchev–Trinajstić information content (AvgIpc) is 2.40. The summed E-state index contributed by atoms with van der Waals surface area (Å²) in [7, 11) is 0. The first-order valence-corrected chi connectivity index (χ1v) is 8.25. The number of carbonyl (C=O) groups excluding carboxylic acids is 1. The fourth-order valence-electron chi connectivity index (χ4n) is 2.62. The fourth-order valence-corrected chi connectivity index (χ4v) is 2.73. The molecule has 0 aliphatic heterocycles. The number of aryl methyl sites for hydroxylation is 2. The van der Waals surface area contributed by atoms with E-state index in [-0.39, 0.29) is 11.9 Å². The first kappa shape index (κ1) is 18.8.